The van der Waals surface area contributed by atoms with Gasteiger partial charge in [-0.3, -0.25) is 10.1 Å². The quantitative estimate of drug-likeness (QED) is 0.445. The molecule has 1 aromatic heterocycles. The van der Waals surface area contributed by atoms with Crippen molar-refractivity contribution in [2.45, 2.75) is 38.6 Å². The first kappa shape index (κ1) is 24.4. The number of hydrogen-bond donors (Lipinski definition) is 2. The van der Waals surface area contributed by atoms with Gasteiger partial charge in [0.25, 0.3) is 0 Å². The first-order valence-electron chi connectivity index (χ1n) is 11.5. The Labute approximate surface area is 207 Å². The van der Waals surface area contributed by atoms with Gasteiger partial charge in [0, 0.05) is 30.0 Å². The number of nitrogens with one attached hydrogen (secondary N) is 1. The number of likely N-dealkylation sites (N-methyl/N-ethyl adjacent to an activating group) is 1. The van der Waals surface area contributed by atoms with Crippen LogP contribution in [0.5, 0.6) is 0 Å². The highest BCUT2D eigenvalue weighted by molar-refractivity contribution is 7.15. The number of fused-ring (bicyclic) bond motifs is 3. The van der Waals surface area contributed by atoms with Crippen molar-refractivity contribution in [1.82, 2.24) is 9.88 Å². The third kappa shape index (κ3) is 5.35. The Kier molecular flexibility index (Phi) is 7.45. The zero-order valence-corrected chi connectivity index (χ0v) is 20.4. The van der Waals surface area contributed by atoms with E-state index >= 15 is 0 Å². The van der Waals surface area contributed by atoms with Gasteiger partial charge in [-0.15, -0.1) is 11.3 Å². The van der Waals surface area contributed by atoms with Gasteiger partial charge >= 0.3 is 12.1 Å². The number of nitrogens with zero attached hydrogens (tertiary/aromatic N) is 2. The smallest absolute Gasteiger partial charge is 0.413 e. The normalized spacial score (nSPS) is 13.0. The molecule has 2 aromatic carbocycles. The van der Waals surface area contributed by atoms with Crippen molar-refractivity contribution in [1.29, 1.82) is 0 Å². The van der Waals surface area contributed by atoms with Gasteiger partial charge in [-0.2, -0.15) is 0 Å². The van der Waals surface area contributed by atoms with E-state index in [4.69, 9.17) is 9.84 Å². The Hall–Kier alpha value is -3.72. The number of hydrogen-bond acceptors (Lipinski definition) is 6. The number of benzene rings is 2. The molecule has 4 rings (SSSR count). The molecule has 8 nitrogen and oxygen atoms in total. The highest BCUT2D eigenvalue weighted by Crippen LogP contribution is 2.44. The minimum atomic E-state index is -1.03. The summed E-state index contributed by atoms with van der Waals surface area (Å²) in [6.07, 6.45) is 1.59. The van der Waals surface area contributed by atoms with E-state index in [1.54, 1.807) is 13.1 Å². The SMILES string of the molecule is CCN(C(=O)CCc1cnc(NC(=O)OCC2c3ccccc3-c3ccccc32)s1)C(C)C(=O)O. The number of carbonyl (C=O) groups excluding carboxylic acids is 2. The van der Waals surface area contributed by atoms with Crippen molar-refractivity contribution in [2.75, 3.05) is 18.5 Å². The predicted molar refractivity (Wildman–Crippen MR) is 134 cm³/mol. The maximum Gasteiger partial charge on any atom is 0.413 e. The third-order valence-electron chi connectivity index (χ3n) is 6.18. The number of ether oxygens (including phenoxy) is 1. The molecule has 2 N–H and O–H groups in total. The van der Waals surface area contributed by atoms with E-state index in [0.717, 1.165) is 27.1 Å². The molecule has 0 radical (unpaired) electrons. The molecule has 0 bridgehead atoms. The van der Waals surface area contributed by atoms with Gasteiger partial charge in [0.15, 0.2) is 5.13 Å². The Morgan fingerprint density at radius 1 is 1.11 bits per heavy atom. The summed E-state index contributed by atoms with van der Waals surface area (Å²) in [5, 5.41) is 12.2. The van der Waals surface area contributed by atoms with Gasteiger partial charge in [0.2, 0.25) is 5.91 Å². The summed E-state index contributed by atoms with van der Waals surface area (Å²) in [6, 6.07) is 15.4. The molecular weight excluding hydrogens is 466 g/mol. The van der Waals surface area contributed by atoms with Crippen LogP contribution in [0.3, 0.4) is 0 Å². The van der Waals surface area contributed by atoms with Crippen LogP contribution in [0.25, 0.3) is 11.1 Å². The zero-order chi connectivity index (χ0) is 24.9. The topological polar surface area (TPSA) is 109 Å². The van der Waals surface area contributed by atoms with Crippen molar-refractivity contribution >= 4 is 34.4 Å². The van der Waals surface area contributed by atoms with E-state index in [-0.39, 0.29) is 24.9 Å². The Morgan fingerprint density at radius 3 is 2.34 bits per heavy atom. The maximum atomic E-state index is 12.5. The molecule has 9 heteroatoms. The standard InChI is InChI=1S/C26H27N3O5S/c1-3-29(16(2)24(31)32)23(30)13-12-17-14-27-25(35-17)28-26(33)34-15-22-20-10-6-4-8-18(20)19-9-5-7-11-21(19)22/h4-11,14,16,22H,3,12-13,15H2,1-2H3,(H,31,32)(H,27,28,33). The van der Waals surface area contributed by atoms with Gasteiger partial charge in [-0.25, -0.2) is 14.6 Å². The first-order valence-corrected chi connectivity index (χ1v) is 12.3. The summed E-state index contributed by atoms with van der Waals surface area (Å²) in [6.45, 7) is 3.78. The van der Waals surface area contributed by atoms with E-state index < -0.39 is 18.1 Å². The minimum absolute atomic E-state index is 0.0271. The lowest BCUT2D eigenvalue weighted by molar-refractivity contribution is -0.149. The second-order valence-corrected chi connectivity index (χ2v) is 9.39. The van der Waals surface area contributed by atoms with Crippen LogP contribution >= 0.6 is 11.3 Å². The van der Waals surface area contributed by atoms with E-state index in [9.17, 15) is 14.4 Å². The summed E-state index contributed by atoms with van der Waals surface area (Å²) in [4.78, 5) is 42.4. The molecule has 0 fully saturated rings. The lowest BCUT2D eigenvalue weighted by Gasteiger charge is -2.24. The largest absolute Gasteiger partial charge is 0.480 e. The van der Waals surface area contributed by atoms with Crippen molar-refractivity contribution in [3.05, 3.63) is 70.7 Å². The number of rotatable bonds is 9. The molecule has 1 aliphatic rings. The number of aliphatic carboxylic acids is 1. The Balaban J connectivity index is 1.31. The molecule has 1 unspecified atom stereocenters. The van der Waals surface area contributed by atoms with Crippen LogP contribution in [-0.4, -0.2) is 52.2 Å². The predicted octanol–water partition coefficient (Wildman–Crippen LogP) is 4.76. The van der Waals surface area contributed by atoms with Crippen molar-refractivity contribution < 1.29 is 24.2 Å². The Bertz CT molecular complexity index is 1200. The molecule has 2 amide bonds. The second-order valence-electron chi connectivity index (χ2n) is 8.28. The van der Waals surface area contributed by atoms with Crippen LogP contribution in [0.1, 0.15) is 42.2 Å². The number of amides is 2. The van der Waals surface area contributed by atoms with E-state index in [2.05, 4.69) is 34.6 Å². The molecule has 0 spiro atoms. The van der Waals surface area contributed by atoms with Crippen molar-refractivity contribution in [3.8, 4) is 11.1 Å². The lowest BCUT2D eigenvalue weighted by atomic mass is 9.98. The Morgan fingerprint density at radius 2 is 1.74 bits per heavy atom. The number of carboxylic acids is 1. The number of thiazole rings is 1. The molecule has 0 saturated carbocycles. The van der Waals surface area contributed by atoms with Crippen molar-refractivity contribution in [3.63, 3.8) is 0 Å². The molecule has 1 atom stereocenters. The van der Waals surface area contributed by atoms with Crippen LogP contribution in [0, 0.1) is 0 Å². The molecule has 1 aliphatic carbocycles. The average Bonchev–Trinajstić information content (AvgIpc) is 3.43. The summed E-state index contributed by atoms with van der Waals surface area (Å²) >= 11 is 1.26. The second kappa shape index (κ2) is 10.7. The summed E-state index contributed by atoms with van der Waals surface area (Å²) < 4.78 is 5.55. The molecule has 0 saturated heterocycles. The number of aryl methyl sites for hydroxylation is 1. The van der Waals surface area contributed by atoms with E-state index in [0.29, 0.717) is 18.1 Å². The fourth-order valence-electron chi connectivity index (χ4n) is 4.38. The highest BCUT2D eigenvalue weighted by Gasteiger charge is 2.29. The maximum absolute atomic E-state index is 12.5. The summed E-state index contributed by atoms with van der Waals surface area (Å²) in [5.74, 6) is -1.30. The lowest BCUT2D eigenvalue weighted by Crippen LogP contribution is -2.43. The van der Waals surface area contributed by atoms with Crippen LogP contribution in [0.2, 0.25) is 0 Å². The third-order valence-corrected chi connectivity index (χ3v) is 7.15. The van der Waals surface area contributed by atoms with E-state index in [1.807, 2.05) is 24.3 Å². The fraction of sp³-hybridized carbons (Fsp3) is 0.308. The van der Waals surface area contributed by atoms with Crippen LogP contribution in [-0.2, 0) is 20.7 Å². The first-order chi connectivity index (χ1) is 16.9. The van der Waals surface area contributed by atoms with Crippen molar-refractivity contribution in [2.24, 2.45) is 0 Å². The monoisotopic (exact) mass is 493 g/mol. The van der Waals surface area contributed by atoms with Gasteiger partial charge in [0.05, 0.1) is 0 Å². The van der Waals surface area contributed by atoms with Crippen LogP contribution in [0.4, 0.5) is 9.93 Å². The van der Waals surface area contributed by atoms with E-state index in [1.165, 1.54) is 23.2 Å². The number of aromatic nitrogens is 1. The summed E-state index contributed by atoms with van der Waals surface area (Å²) in [7, 11) is 0. The molecule has 0 aliphatic heterocycles. The average molecular weight is 494 g/mol. The van der Waals surface area contributed by atoms with Gasteiger partial charge in [-0.05, 0) is 42.5 Å². The molecule has 182 valence electrons. The number of carboxylic acid groups (broad SMARTS) is 1. The van der Waals surface area contributed by atoms with Crippen LogP contribution in [0.15, 0.2) is 54.7 Å². The molecule has 35 heavy (non-hydrogen) atoms. The number of anilines is 1. The molecule has 1 heterocycles. The van der Waals surface area contributed by atoms with Gasteiger partial charge in [0.1, 0.15) is 12.6 Å². The molecule has 3 aromatic rings. The summed E-state index contributed by atoms with van der Waals surface area (Å²) in [5.41, 5.74) is 4.60. The van der Waals surface area contributed by atoms with Gasteiger partial charge < -0.3 is 14.7 Å². The fourth-order valence-corrected chi connectivity index (χ4v) is 5.17. The minimum Gasteiger partial charge on any atom is -0.480 e. The molecular formula is C26H27N3O5S. The van der Waals surface area contributed by atoms with Crippen LogP contribution < -0.4 is 5.32 Å². The van der Waals surface area contributed by atoms with Gasteiger partial charge in [-0.1, -0.05) is 48.5 Å². The zero-order valence-electron chi connectivity index (χ0n) is 19.6. The highest BCUT2D eigenvalue weighted by atomic mass is 32.1. The number of carbonyl (C=O) groups is 3.